The van der Waals surface area contributed by atoms with E-state index in [0.29, 0.717) is 22.2 Å². The van der Waals surface area contributed by atoms with Crippen molar-refractivity contribution in [3.63, 3.8) is 0 Å². The number of methoxy groups -OCH3 is 1. The fraction of sp³-hybridized carbons (Fsp3) is 0.231. The minimum atomic E-state index is -1.18. The Morgan fingerprint density at radius 3 is 2.63 bits per heavy atom. The van der Waals surface area contributed by atoms with Crippen LogP contribution in [-0.2, 0) is 11.8 Å². The van der Waals surface area contributed by atoms with E-state index in [1.165, 1.54) is 17.7 Å². The third kappa shape index (κ3) is 2.17. The molecular formula is C13H12ClNO4. The summed E-state index contributed by atoms with van der Waals surface area (Å²) in [6.07, 6.45) is 0. The van der Waals surface area contributed by atoms with Crippen molar-refractivity contribution in [3.05, 3.63) is 40.2 Å². The normalized spacial score (nSPS) is 12.4. The predicted octanol–water partition coefficient (Wildman–Crippen LogP) is 1.91. The lowest BCUT2D eigenvalue weighted by molar-refractivity contribution is -0.136. The van der Waals surface area contributed by atoms with E-state index >= 15 is 0 Å². The minimum absolute atomic E-state index is 0.204. The number of carboxylic acid groups (broad SMARTS) is 1. The number of pyridine rings is 1. The Bertz CT molecular complexity index is 708. The van der Waals surface area contributed by atoms with Crippen molar-refractivity contribution in [2.24, 2.45) is 7.05 Å². The number of benzene rings is 1. The second kappa shape index (κ2) is 4.93. The Hall–Kier alpha value is -2.01. The lowest BCUT2D eigenvalue weighted by atomic mass is 10.0. The van der Waals surface area contributed by atoms with Crippen LogP contribution in [0.1, 0.15) is 10.9 Å². The number of halogens is 1. The number of alkyl halides is 1. The van der Waals surface area contributed by atoms with Crippen molar-refractivity contribution in [1.82, 2.24) is 4.57 Å². The van der Waals surface area contributed by atoms with Gasteiger partial charge in [0, 0.05) is 18.5 Å². The molecule has 1 atom stereocenters. The fourth-order valence-electron chi connectivity index (χ4n) is 2.02. The quantitative estimate of drug-likeness (QED) is 0.873. The van der Waals surface area contributed by atoms with Gasteiger partial charge >= 0.3 is 5.97 Å². The van der Waals surface area contributed by atoms with Crippen LogP contribution in [0.25, 0.3) is 10.9 Å². The summed E-state index contributed by atoms with van der Waals surface area (Å²) in [4.78, 5) is 22.7. The number of hydrogen-bond donors (Lipinski definition) is 1. The molecule has 0 spiro atoms. The van der Waals surface area contributed by atoms with Crippen molar-refractivity contribution in [1.29, 1.82) is 0 Å². The van der Waals surface area contributed by atoms with Gasteiger partial charge in [-0.05, 0) is 17.7 Å². The molecule has 2 rings (SSSR count). The van der Waals surface area contributed by atoms with Gasteiger partial charge in [0.25, 0.3) is 5.56 Å². The molecule has 6 heteroatoms. The fourth-order valence-corrected chi connectivity index (χ4v) is 2.21. The van der Waals surface area contributed by atoms with Gasteiger partial charge in [-0.2, -0.15) is 0 Å². The highest BCUT2D eigenvalue weighted by Crippen LogP contribution is 2.33. The largest absolute Gasteiger partial charge is 0.495 e. The number of rotatable bonds is 3. The summed E-state index contributed by atoms with van der Waals surface area (Å²) in [6.45, 7) is 0. The first-order valence-corrected chi connectivity index (χ1v) is 5.94. The lowest BCUT2D eigenvalue weighted by Crippen LogP contribution is -2.17. The van der Waals surface area contributed by atoms with E-state index < -0.39 is 11.3 Å². The number of aromatic nitrogens is 1. The average Bonchev–Trinajstić information content (AvgIpc) is 2.40. The second-order valence-electron chi connectivity index (χ2n) is 4.05. The highest BCUT2D eigenvalue weighted by Gasteiger charge is 2.21. The maximum atomic E-state index is 11.7. The van der Waals surface area contributed by atoms with Gasteiger partial charge in [-0.3, -0.25) is 9.59 Å². The summed E-state index contributed by atoms with van der Waals surface area (Å²) in [5, 5.41) is 8.43. The standard InChI is InChI=1S/C13H12ClNO4/c1-15-10(16)6-4-8-7(11(14)13(17)18)3-5-9(19-2)12(8)15/h3-6,11H,1-2H3,(H,17,18). The SMILES string of the molecule is COc1ccc(C(Cl)C(=O)O)c2ccc(=O)n(C)c12. The van der Waals surface area contributed by atoms with Gasteiger partial charge in [-0.25, -0.2) is 0 Å². The van der Waals surface area contributed by atoms with Gasteiger partial charge < -0.3 is 14.4 Å². The Morgan fingerprint density at radius 2 is 2.05 bits per heavy atom. The molecule has 1 aromatic carbocycles. The Kier molecular flexibility index (Phi) is 3.48. The maximum absolute atomic E-state index is 11.7. The molecule has 1 aromatic heterocycles. The third-order valence-corrected chi connectivity index (χ3v) is 3.40. The van der Waals surface area contributed by atoms with Crippen LogP contribution in [0, 0.1) is 0 Å². The maximum Gasteiger partial charge on any atom is 0.326 e. The van der Waals surface area contributed by atoms with E-state index in [2.05, 4.69) is 0 Å². The number of carbonyl (C=O) groups is 1. The van der Waals surface area contributed by atoms with E-state index in [-0.39, 0.29) is 5.56 Å². The van der Waals surface area contributed by atoms with Crippen molar-refractivity contribution < 1.29 is 14.6 Å². The molecule has 1 N–H and O–H groups in total. The molecule has 0 saturated heterocycles. The number of aliphatic carboxylic acids is 1. The zero-order valence-electron chi connectivity index (χ0n) is 10.4. The molecule has 1 unspecified atom stereocenters. The monoisotopic (exact) mass is 281 g/mol. The topological polar surface area (TPSA) is 68.5 Å². The number of aryl methyl sites for hydroxylation is 1. The molecule has 19 heavy (non-hydrogen) atoms. The molecule has 0 aliphatic carbocycles. The molecule has 0 radical (unpaired) electrons. The van der Waals surface area contributed by atoms with Crippen molar-refractivity contribution >= 4 is 28.5 Å². The number of hydrogen-bond acceptors (Lipinski definition) is 3. The van der Waals surface area contributed by atoms with Crippen LogP contribution in [0.4, 0.5) is 0 Å². The van der Waals surface area contributed by atoms with Gasteiger partial charge in [0.2, 0.25) is 0 Å². The molecule has 1 heterocycles. The van der Waals surface area contributed by atoms with Gasteiger partial charge in [-0.15, -0.1) is 11.6 Å². The van der Waals surface area contributed by atoms with Crippen LogP contribution in [0.15, 0.2) is 29.1 Å². The lowest BCUT2D eigenvalue weighted by Gasteiger charge is -2.14. The number of ether oxygens (including phenoxy) is 1. The molecule has 0 fully saturated rings. The van der Waals surface area contributed by atoms with Crippen molar-refractivity contribution in [2.45, 2.75) is 5.38 Å². The molecule has 5 nitrogen and oxygen atoms in total. The Morgan fingerprint density at radius 1 is 1.37 bits per heavy atom. The van der Waals surface area contributed by atoms with E-state index in [1.54, 1.807) is 25.2 Å². The average molecular weight is 282 g/mol. The Balaban J connectivity index is 2.88. The molecule has 0 bridgehead atoms. The summed E-state index contributed by atoms with van der Waals surface area (Å²) >= 11 is 5.88. The van der Waals surface area contributed by atoms with Crippen LogP contribution in [0.5, 0.6) is 5.75 Å². The van der Waals surface area contributed by atoms with Gasteiger partial charge in [0.05, 0.1) is 12.6 Å². The highest BCUT2D eigenvalue weighted by atomic mass is 35.5. The third-order valence-electron chi connectivity index (χ3n) is 2.98. The van der Waals surface area contributed by atoms with Gasteiger partial charge in [0.15, 0.2) is 5.38 Å². The number of nitrogens with zero attached hydrogens (tertiary/aromatic N) is 1. The highest BCUT2D eigenvalue weighted by molar-refractivity contribution is 6.30. The van der Waals surface area contributed by atoms with Crippen LogP contribution in [0.2, 0.25) is 0 Å². The van der Waals surface area contributed by atoms with Crippen molar-refractivity contribution in [2.75, 3.05) is 7.11 Å². The smallest absolute Gasteiger partial charge is 0.326 e. The molecule has 0 saturated carbocycles. The van der Waals surface area contributed by atoms with Crippen molar-refractivity contribution in [3.8, 4) is 5.75 Å². The second-order valence-corrected chi connectivity index (χ2v) is 4.49. The van der Waals surface area contributed by atoms with E-state index in [0.717, 1.165) is 0 Å². The first-order valence-electron chi connectivity index (χ1n) is 5.51. The zero-order valence-corrected chi connectivity index (χ0v) is 11.1. The summed E-state index contributed by atoms with van der Waals surface area (Å²) in [5.74, 6) is -0.643. The summed E-state index contributed by atoms with van der Waals surface area (Å²) in [7, 11) is 3.09. The van der Waals surface area contributed by atoms with Gasteiger partial charge in [0.1, 0.15) is 5.75 Å². The summed E-state index contributed by atoms with van der Waals surface area (Å²) in [5.41, 5.74) is 0.754. The van der Waals surface area contributed by atoms with E-state index in [9.17, 15) is 9.59 Å². The number of fused-ring (bicyclic) bond motifs is 1. The van der Waals surface area contributed by atoms with Crippen LogP contribution in [-0.4, -0.2) is 22.8 Å². The molecule has 0 amide bonds. The summed E-state index contributed by atoms with van der Waals surface area (Å²) < 4.78 is 6.61. The first-order chi connectivity index (χ1) is 8.97. The van der Waals surface area contributed by atoms with Crippen LogP contribution >= 0.6 is 11.6 Å². The van der Waals surface area contributed by atoms with Gasteiger partial charge in [-0.1, -0.05) is 6.07 Å². The molecular weight excluding hydrogens is 270 g/mol. The molecule has 0 aliphatic rings. The molecule has 100 valence electrons. The summed E-state index contributed by atoms with van der Waals surface area (Å²) in [6, 6.07) is 6.14. The van der Waals surface area contributed by atoms with Crippen LogP contribution < -0.4 is 10.3 Å². The predicted molar refractivity (Wildman–Crippen MR) is 72.0 cm³/mol. The molecule has 0 aliphatic heterocycles. The first kappa shape index (κ1) is 13.4. The van der Waals surface area contributed by atoms with Crippen LogP contribution in [0.3, 0.4) is 0 Å². The molecule has 2 aromatic rings. The Labute approximate surface area is 114 Å². The zero-order chi connectivity index (χ0) is 14.2. The minimum Gasteiger partial charge on any atom is -0.495 e. The van der Waals surface area contributed by atoms with E-state index in [4.69, 9.17) is 21.4 Å². The number of carboxylic acids is 1. The van der Waals surface area contributed by atoms with E-state index in [1.807, 2.05) is 0 Å².